The number of H-pyrrole nitrogens is 1. The molecule has 0 aliphatic heterocycles. The number of hydrogen-bond acceptors (Lipinski definition) is 7. The van der Waals surface area contributed by atoms with Crippen LogP contribution < -0.4 is 20.6 Å². The third-order valence-electron chi connectivity index (χ3n) is 4.94. The maximum Gasteiger partial charge on any atom is 0.297 e. The Morgan fingerprint density at radius 3 is 2.47 bits per heavy atom. The number of aromatic amines is 1. The van der Waals surface area contributed by atoms with Crippen LogP contribution in [-0.4, -0.2) is 26.6 Å². The van der Waals surface area contributed by atoms with E-state index in [0.717, 1.165) is 30.0 Å². The van der Waals surface area contributed by atoms with Crippen molar-refractivity contribution in [3.63, 3.8) is 0 Å². The number of methoxy groups -OCH3 is 1. The Morgan fingerprint density at radius 1 is 1.21 bits per heavy atom. The van der Waals surface area contributed by atoms with Crippen molar-refractivity contribution in [2.75, 3.05) is 7.11 Å². The van der Waals surface area contributed by atoms with E-state index >= 15 is 0 Å². The number of aromatic nitrogens is 4. The average Bonchev–Trinajstić information content (AvgIpc) is 2.77. The van der Waals surface area contributed by atoms with E-state index in [0.29, 0.717) is 11.5 Å². The van der Waals surface area contributed by atoms with E-state index in [4.69, 9.17) is 9.47 Å². The number of hydrogen-bond donors (Lipinski definition) is 1. The molecule has 2 aromatic heterocycles. The fourth-order valence-electron chi connectivity index (χ4n) is 3.31. The van der Waals surface area contributed by atoms with Crippen LogP contribution in [0.25, 0.3) is 0 Å². The normalized spacial score (nSPS) is 11.9. The summed E-state index contributed by atoms with van der Waals surface area (Å²) in [7, 11) is 1.19. The van der Waals surface area contributed by atoms with Crippen LogP contribution in [0.4, 0.5) is 13.2 Å². The Bertz CT molecular complexity index is 1390. The van der Waals surface area contributed by atoms with Gasteiger partial charge in [0, 0.05) is 11.3 Å². The smallest absolute Gasteiger partial charge is 0.297 e. The third kappa shape index (κ3) is 4.78. The van der Waals surface area contributed by atoms with Crippen LogP contribution in [0.5, 0.6) is 17.2 Å². The van der Waals surface area contributed by atoms with Crippen LogP contribution in [-0.2, 0) is 6.54 Å². The fraction of sp³-hybridized carbons (Fsp3) is 0.318. The SMILES string of the molecule is COc1c(C#N)cc(C(F)F)cc1Oc1c([C@H](C)F)ncn(Cc2c(C)nc(C)[nH]c2=O)c1=O. The molecule has 34 heavy (non-hydrogen) atoms. The quantitative estimate of drug-likeness (QED) is 0.554. The van der Waals surface area contributed by atoms with Crippen LogP contribution in [0.1, 0.15) is 53.4 Å². The van der Waals surface area contributed by atoms with Gasteiger partial charge in [0.05, 0.1) is 31.1 Å². The van der Waals surface area contributed by atoms with E-state index < -0.39 is 40.7 Å². The van der Waals surface area contributed by atoms with E-state index in [-0.39, 0.29) is 29.2 Å². The molecule has 0 radical (unpaired) electrons. The molecule has 3 aromatic rings. The monoisotopic (exact) mass is 475 g/mol. The third-order valence-corrected chi connectivity index (χ3v) is 4.94. The Morgan fingerprint density at radius 2 is 1.91 bits per heavy atom. The lowest BCUT2D eigenvalue weighted by Gasteiger charge is -2.17. The largest absolute Gasteiger partial charge is 0.492 e. The molecule has 1 atom stereocenters. The number of aryl methyl sites for hydroxylation is 2. The highest BCUT2D eigenvalue weighted by molar-refractivity contribution is 5.56. The second-order valence-electron chi connectivity index (χ2n) is 7.34. The summed E-state index contributed by atoms with van der Waals surface area (Å²) in [6.45, 7) is 4.06. The number of ether oxygens (including phenoxy) is 2. The average molecular weight is 475 g/mol. The summed E-state index contributed by atoms with van der Waals surface area (Å²) in [5.41, 5.74) is -2.00. The van der Waals surface area contributed by atoms with Crippen LogP contribution in [0.3, 0.4) is 0 Å². The van der Waals surface area contributed by atoms with Gasteiger partial charge in [0.1, 0.15) is 23.8 Å². The number of benzene rings is 1. The Kier molecular flexibility index (Phi) is 7.05. The summed E-state index contributed by atoms with van der Waals surface area (Å²) >= 11 is 0. The fourth-order valence-corrected chi connectivity index (χ4v) is 3.31. The predicted molar refractivity (Wildman–Crippen MR) is 114 cm³/mol. The highest BCUT2D eigenvalue weighted by atomic mass is 19.3. The summed E-state index contributed by atoms with van der Waals surface area (Å²) in [6, 6.07) is 3.55. The number of rotatable bonds is 7. The Hall–Kier alpha value is -4.14. The lowest BCUT2D eigenvalue weighted by atomic mass is 10.1. The van der Waals surface area contributed by atoms with Crippen LogP contribution in [0.15, 0.2) is 28.0 Å². The van der Waals surface area contributed by atoms with Gasteiger partial charge >= 0.3 is 0 Å². The van der Waals surface area contributed by atoms with Crippen molar-refractivity contribution in [3.8, 4) is 23.3 Å². The Labute approximate surface area is 191 Å². The van der Waals surface area contributed by atoms with Crippen molar-refractivity contribution < 1.29 is 22.6 Å². The number of alkyl halides is 3. The molecule has 0 aliphatic carbocycles. The van der Waals surface area contributed by atoms with E-state index in [1.54, 1.807) is 19.9 Å². The van der Waals surface area contributed by atoms with Gasteiger partial charge in [-0.2, -0.15) is 5.26 Å². The van der Waals surface area contributed by atoms with Gasteiger partial charge in [0.15, 0.2) is 11.5 Å². The number of halogens is 3. The van der Waals surface area contributed by atoms with E-state index in [9.17, 15) is 28.0 Å². The predicted octanol–water partition coefficient (Wildman–Crippen LogP) is 3.63. The molecule has 0 amide bonds. The first kappa shape index (κ1) is 24.5. The molecule has 12 heteroatoms. The Balaban J connectivity index is 2.18. The van der Waals surface area contributed by atoms with Gasteiger partial charge in [-0.3, -0.25) is 14.2 Å². The second-order valence-corrected chi connectivity index (χ2v) is 7.34. The molecule has 0 spiro atoms. The highest BCUT2D eigenvalue weighted by Crippen LogP contribution is 2.38. The lowest BCUT2D eigenvalue weighted by molar-refractivity contribution is 0.151. The zero-order valence-corrected chi connectivity index (χ0v) is 18.6. The molecule has 178 valence electrons. The standard InChI is InChI=1S/C22H20F3N5O4/c1-10(23)17-19(34-16-6-13(20(24)25)5-14(7-26)18(16)33-4)22(32)30(9-27-17)8-15-11(2)28-12(3)29-21(15)31/h5-6,9-10,20H,8H2,1-4H3,(H,28,29,31)/t10-/m0/s1. The minimum atomic E-state index is -2.95. The molecule has 0 aliphatic rings. The summed E-state index contributed by atoms with van der Waals surface area (Å²) in [5, 5.41) is 9.32. The zero-order chi connectivity index (χ0) is 25.2. The van der Waals surface area contributed by atoms with Gasteiger partial charge in [0.2, 0.25) is 5.75 Å². The summed E-state index contributed by atoms with van der Waals surface area (Å²) in [5.74, 6) is -0.808. The first-order chi connectivity index (χ1) is 16.1. The maximum atomic E-state index is 14.3. The van der Waals surface area contributed by atoms with Gasteiger partial charge in [0.25, 0.3) is 17.5 Å². The van der Waals surface area contributed by atoms with Gasteiger partial charge in [-0.1, -0.05) is 0 Å². The van der Waals surface area contributed by atoms with Gasteiger partial charge in [-0.05, 0) is 32.9 Å². The van der Waals surface area contributed by atoms with Crippen molar-refractivity contribution in [2.45, 2.75) is 39.9 Å². The van der Waals surface area contributed by atoms with Crippen molar-refractivity contribution in [2.24, 2.45) is 0 Å². The molecule has 0 bridgehead atoms. The first-order valence-corrected chi connectivity index (χ1v) is 9.95. The summed E-state index contributed by atoms with van der Waals surface area (Å²) in [6.07, 6.45) is -3.66. The van der Waals surface area contributed by atoms with Crippen LogP contribution in [0, 0.1) is 25.2 Å². The highest BCUT2D eigenvalue weighted by Gasteiger charge is 2.24. The molecule has 1 aromatic carbocycles. The molecule has 0 saturated heterocycles. The zero-order valence-electron chi connectivity index (χ0n) is 18.6. The molecule has 0 fully saturated rings. The lowest BCUT2D eigenvalue weighted by Crippen LogP contribution is -2.28. The topological polar surface area (TPSA) is 123 Å². The molecule has 3 rings (SSSR count). The van der Waals surface area contributed by atoms with Crippen molar-refractivity contribution in [3.05, 3.63) is 73.1 Å². The second kappa shape index (κ2) is 9.78. The molecular weight excluding hydrogens is 455 g/mol. The van der Waals surface area contributed by atoms with Crippen molar-refractivity contribution >= 4 is 0 Å². The van der Waals surface area contributed by atoms with Gasteiger partial charge in [-0.25, -0.2) is 23.1 Å². The van der Waals surface area contributed by atoms with E-state index in [1.165, 1.54) is 7.11 Å². The molecule has 1 N–H and O–H groups in total. The molecule has 0 unspecified atom stereocenters. The molecule has 2 heterocycles. The van der Waals surface area contributed by atoms with Gasteiger partial charge in [-0.15, -0.1) is 0 Å². The van der Waals surface area contributed by atoms with Crippen molar-refractivity contribution in [1.29, 1.82) is 5.26 Å². The van der Waals surface area contributed by atoms with Gasteiger partial charge < -0.3 is 14.5 Å². The van der Waals surface area contributed by atoms with Crippen molar-refractivity contribution in [1.82, 2.24) is 19.5 Å². The first-order valence-electron chi connectivity index (χ1n) is 9.95. The molecular formula is C22H20F3N5O4. The maximum absolute atomic E-state index is 14.3. The van der Waals surface area contributed by atoms with Crippen LogP contribution in [0.2, 0.25) is 0 Å². The number of nitrogens with zero attached hydrogens (tertiary/aromatic N) is 4. The molecule has 9 nitrogen and oxygen atoms in total. The summed E-state index contributed by atoms with van der Waals surface area (Å²) < 4.78 is 52.7. The summed E-state index contributed by atoms with van der Waals surface area (Å²) in [4.78, 5) is 36.2. The van der Waals surface area contributed by atoms with E-state index in [1.807, 2.05) is 0 Å². The number of nitriles is 1. The minimum Gasteiger partial charge on any atom is -0.492 e. The minimum absolute atomic E-state index is 0.172. The van der Waals surface area contributed by atoms with E-state index in [2.05, 4.69) is 15.0 Å². The number of nitrogens with one attached hydrogen (secondary N) is 1. The van der Waals surface area contributed by atoms with Crippen LogP contribution >= 0.6 is 0 Å². The molecule has 0 saturated carbocycles.